The van der Waals surface area contributed by atoms with E-state index in [9.17, 15) is 0 Å². The molecule has 0 heterocycles. The first-order valence-electron chi connectivity index (χ1n) is 5.69. The first-order chi connectivity index (χ1) is 7.70. The highest BCUT2D eigenvalue weighted by Crippen LogP contribution is 2.19. The van der Waals surface area contributed by atoms with Crippen molar-refractivity contribution in [2.24, 2.45) is 5.73 Å². The van der Waals surface area contributed by atoms with Crippen LogP contribution < -0.4 is 11.1 Å². The molecule has 0 radical (unpaired) electrons. The summed E-state index contributed by atoms with van der Waals surface area (Å²) in [5, 5.41) is 3.40. The Morgan fingerprint density at radius 3 is 2.75 bits per heavy atom. The van der Waals surface area contributed by atoms with Gasteiger partial charge in [0.15, 0.2) is 0 Å². The van der Waals surface area contributed by atoms with E-state index >= 15 is 0 Å². The lowest BCUT2D eigenvalue weighted by molar-refractivity contribution is 0.196. The highest BCUT2D eigenvalue weighted by atomic mass is 16.5. The molecule has 1 rings (SSSR count). The molecule has 1 atom stereocenters. The molecule has 90 valence electrons. The van der Waals surface area contributed by atoms with Crippen LogP contribution in [0.4, 0.5) is 0 Å². The van der Waals surface area contributed by atoms with Crippen LogP contribution in [0.1, 0.15) is 22.7 Å². The van der Waals surface area contributed by atoms with Crippen LogP contribution in [-0.2, 0) is 4.74 Å². The molecule has 0 aliphatic heterocycles. The zero-order valence-corrected chi connectivity index (χ0v) is 10.4. The van der Waals surface area contributed by atoms with E-state index < -0.39 is 0 Å². The minimum absolute atomic E-state index is 0.218. The van der Waals surface area contributed by atoms with Gasteiger partial charge in [-0.2, -0.15) is 0 Å². The quantitative estimate of drug-likeness (QED) is 0.718. The molecule has 0 saturated carbocycles. The van der Waals surface area contributed by atoms with Crippen LogP contribution in [0.3, 0.4) is 0 Å². The lowest BCUT2D eigenvalue weighted by atomic mass is 9.97. The second kappa shape index (κ2) is 6.63. The van der Waals surface area contributed by atoms with E-state index in [4.69, 9.17) is 10.5 Å². The number of rotatable bonds is 6. The van der Waals surface area contributed by atoms with E-state index in [0.29, 0.717) is 13.2 Å². The second-order valence-corrected chi connectivity index (χ2v) is 4.02. The van der Waals surface area contributed by atoms with E-state index in [-0.39, 0.29) is 6.04 Å². The molecule has 3 heteroatoms. The molecule has 0 fully saturated rings. The second-order valence-electron chi connectivity index (χ2n) is 4.02. The SMILES string of the molecule is COCCNC(CN)c1cccc(C)c1C. The topological polar surface area (TPSA) is 47.3 Å². The molecule has 0 aromatic heterocycles. The highest BCUT2D eigenvalue weighted by Gasteiger charge is 2.11. The summed E-state index contributed by atoms with van der Waals surface area (Å²) in [4.78, 5) is 0. The van der Waals surface area contributed by atoms with Crippen molar-refractivity contribution >= 4 is 0 Å². The summed E-state index contributed by atoms with van der Waals surface area (Å²) in [7, 11) is 1.71. The Bertz CT molecular complexity index is 326. The molecule has 16 heavy (non-hydrogen) atoms. The highest BCUT2D eigenvalue weighted by molar-refractivity contribution is 5.35. The maximum atomic E-state index is 5.80. The van der Waals surface area contributed by atoms with Crippen molar-refractivity contribution in [2.45, 2.75) is 19.9 Å². The first-order valence-corrected chi connectivity index (χ1v) is 5.69. The van der Waals surface area contributed by atoms with E-state index in [1.54, 1.807) is 7.11 Å². The monoisotopic (exact) mass is 222 g/mol. The molecule has 0 aliphatic rings. The molecular formula is C13H22N2O. The molecule has 0 saturated heterocycles. The number of methoxy groups -OCH3 is 1. The van der Waals surface area contributed by atoms with Gasteiger partial charge in [0, 0.05) is 26.2 Å². The minimum Gasteiger partial charge on any atom is -0.383 e. The number of benzene rings is 1. The van der Waals surface area contributed by atoms with Gasteiger partial charge in [-0.1, -0.05) is 18.2 Å². The lowest BCUT2D eigenvalue weighted by Crippen LogP contribution is -2.31. The maximum absolute atomic E-state index is 5.80. The average Bonchev–Trinajstić information content (AvgIpc) is 2.29. The molecule has 0 amide bonds. The molecule has 1 aromatic rings. The zero-order valence-electron chi connectivity index (χ0n) is 10.4. The van der Waals surface area contributed by atoms with Gasteiger partial charge in [-0.25, -0.2) is 0 Å². The molecule has 3 N–H and O–H groups in total. The third-order valence-corrected chi connectivity index (χ3v) is 2.95. The summed E-state index contributed by atoms with van der Waals surface area (Å²) in [5.74, 6) is 0. The van der Waals surface area contributed by atoms with Gasteiger partial charge < -0.3 is 15.8 Å². The van der Waals surface area contributed by atoms with Crippen molar-refractivity contribution in [3.63, 3.8) is 0 Å². The van der Waals surface area contributed by atoms with Crippen LogP contribution in [0.5, 0.6) is 0 Å². The summed E-state index contributed by atoms with van der Waals surface area (Å²) in [6.45, 7) is 6.41. The van der Waals surface area contributed by atoms with E-state index in [1.807, 2.05) is 0 Å². The van der Waals surface area contributed by atoms with E-state index in [1.165, 1.54) is 16.7 Å². The maximum Gasteiger partial charge on any atom is 0.0587 e. The summed E-state index contributed by atoms with van der Waals surface area (Å²) < 4.78 is 5.02. The Morgan fingerprint density at radius 2 is 2.12 bits per heavy atom. The fourth-order valence-electron chi connectivity index (χ4n) is 1.81. The largest absolute Gasteiger partial charge is 0.383 e. The summed E-state index contributed by atoms with van der Waals surface area (Å²) >= 11 is 0. The van der Waals surface area contributed by atoms with Crippen LogP contribution in [0.2, 0.25) is 0 Å². The summed E-state index contributed by atoms with van der Waals surface area (Å²) in [6.07, 6.45) is 0. The van der Waals surface area contributed by atoms with Gasteiger partial charge in [0.05, 0.1) is 6.61 Å². The number of ether oxygens (including phenoxy) is 1. The predicted octanol–water partition coefficient (Wildman–Crippen LogP) is 1.54. The lowest BCUT2D eigenvalue weighted by Gasteiger charge is -2.20. The van der Waals surface area contributed by atoms with Crippen LogP contribution in [0, 0.1) is 13.8 Å². The Kier molecular flexibility index (Phi) is 5.46. The summed E-state index contributed by atoms with van der Waals surface area (Å²) in [6, 6.07) is 6.56. The van der Waals surface area contributed by atoms with Crippen molar-refractivity contribution in [1.29, 1.82) is 0 Å². The number of hydrogen-bond donors (Lipinski definition) is 2. The van der Waals surface area contributed by atoms with Crippen molar-refractivity contribution < 1.29 is 4.74 Å². The summed E-state index contributed by atoms with van der Waals surface area (Å²) in [5.41, 5.74) is 9.72. The Morgan fingerprint density at radius 1 is 1.38 bits per heavy atom. The van der Waals surface area contributed by atoms with Gasteiger partial charge in [-0.15, -0.1) is 0 Å². The molecule has 0 aliphatic carbocycles. The Balaban J connectivity index is 2.74. The first kappa shape index (κ1) is 13.2. The Labute approximate surface area is 98.0 Å². The van der Waals surface area contributed by atoms with Crippen molar-refractivity contribution in [3.8, 4) is 0 Å². The molecule has 0 bridgehead atoms. The fraction of sp³-hybridized carbons (Fsp3) is 0.538. The van der Waals surface area contributed by atoms with Gasteiger partial charge in [-0.3, -0.25) is 0 Å². The molecule has 1 aromatic carbocycles. The molecule has 0 spiro atoms. The van der Waals surface area contributed by atoms with Crippen molar-refractivity contribution in [2.75, 3.05) is 26.8 Å². The molecule has 1 unspecified atom stereocenters. The van der Waals surface area contributed by atoms with E-state index in [0.717, 1.165) is 6.54 Å². The molecule has 3 nitrogen and oxygen atoms in total. The standard InChI is InChI=1S/C13H22N2O/c1-10-5-4-6-12(11(10)2)13(9-14)15-7-8-16-3/h4-6,13,15H,7-9,14H2,1-3H3. The van der Waals surface area contributed by atoms with Crippen LogP contribution in [0.25, 0.3) is 0 Å². The van der Waals surface area contributed by atoms with Gasteiger partial charge in [0.25, 0.3) is 0 Å². The van der Waals surface area contributed by atoms with Gasteiger partial charge in [0.2, 0.25) is 0 Å². The average molecular weight is 222 g/mol. The fourth-order valence-corrected chi connectivity index (χ4v) is 1.81. The Hall–Kier alpha value is -0.900. The predicted molar refractivity (Wildman–Crippen MR) is 67.6 cm³/mol. The van der Waals surface area contributed by atoms with Gasteiger partial charge in [-0.05, 0) is 30.5 Å². The van der Waals surface area contributed by atoms with E-state index in [2.05, 4.69) is 37.4 Å². The number of aryl methyl sites for hydroxylation is 1. The van der Waals surface area contributed by atoms with Crippen LogP contribution in [0.15, 0.2) is 18.2 Å². The van der Waals surface area contributed by atoms with Crippen LogP contribution >= 0.6 is 0 Å². The number of nitrogens with one attached hydrogen (secondary N) is 1. The van der Waals surface area contributed by atoms with Crippen LogP contribution in [-0.4, -0.2) is 26.8 Å². The molecular weight excluding hydrogens is 200 g/mol. The third kappa shape index (κ3) is 3.30. The smallest absolute Gasteiger partial charge is 0.0587 e. The van der Waals surface area contributed by atoms with Crippen molar-refractivity contribution in [1.82, 2.24) is 5.32 Å². The minimum atomic E-state index is 0.218. The normalized spacial score (nSPS) is 12.8. The zero-order chi connectivity index (χ0) is 12.0. The number of nitrogens with two attached hydrogens (primary N) is 1. The number of hydrogen-bond acceptors (Lipinski definition) is 3. The van der Waals surface area contributed by atoms with Crippen molar-refractivity contribution in [3.05, 3.63) is 34.9 Å². The third-order valence-electron chi connectivity index (χ3n) is 2.95. The van der Waals surface area contributed by atoms with Gasteiger partial charge >= 0.3 is 0 Å². The van der Waals surface area contributed by atoms with Gasteiger partial charge in [0.1, 0.15) is 0 Å².